The lowest BCUT2D eigenvalue weighted by Crippen LogP contribution is -2.32. The first-order chi connectivity index (χ1) is 23.0. The summed E-state index contributed by atoms with van der Waals surface area (Å²) < 4.78 is 44.0. The summed E-state index contributed by atoms with van der Waals surface area (Å²) in [4.78, 5) is 18.8. The number of benzene rings is 3. The zero-order valence-corrected chi connectivity index (χ0v) is 27.6. The summed E-state index contributed by atoms with van der Waals surface area (Å²) in [6, 6.07) is 23.7. The molecule has 1 fully saturated rings. The molecule has 1 saturated carbocycles. The van der Waals surface area contributed by atoms with E-state index in [0.717, 1.165) is 53.3 Å². The number of hydrogen-bond acceptors (Lipinski definition) is 4. The quantitative estimate of drug-likeness (QED) is 0.185. The van der Waals surface area contributed by atoms with Crippen molar-refractivity contribution in [3.63, 3.8) is 0 Å². The summed E-state index contributed by atoms with van der Waals surface area (Å²) in [7, 11) is 0. The van der Waals surface area contributed by atoms with Gasteiger partial charge in [-0.05, 0) is 83.9 Å². The van der Waals surface area contributed by atoms with E-state index in [4.69, 9.17) is 28.3 Å². The van der Waals surface area contributed by atoms with Crippen molar-refractivity contribution in [2.75, 3.05) is 0 Å². The van der Waals surface area contributed by atoms with Crippen LogP contribution in [-0.2, 0) is 6.18 Å². The summed E-state index contributed by atoms with van der Waals surface area (Å²) in [5, 5.41) is 11.6. The van der Waals surface area contributed by atoms with Crippen molar-refractivity contribution >= 4 is 46.5 Å². The Morgan fingerprint density at radius 2 is 1.60 bits per heavy atom. The number of amides is 1. The Morgan fingerprint density at radius 1 is 0.938 bits per heavy atom. The maximum Gasteiger partial charge on any atom is 0.433 e. The van der Waals surface area contributed by atoms with Crippen molar-refractivity contribution in [1.82, 2.24) is 19.6 Å². The van der Waals surface area contributed by atoms with Gasteiger partial charge < -0.3 is 0 Å². The number of nitrogens with zero attached hydrogens (tertiary/aromatic N) is 5. The van der Waals surface area contributed by atoms with Crippen molar-refractivity contribution in [3.05, 3.63) is 129 Å². The molecule has 0 N–H and O–H groups in total. The summed E-state index contributed by atoms with van der Waals surface area (Å²) in [5.41, 5.74) is 3.94. The van der Waals surface area contributed by atoms with Gasteiger partial charge in [0.25, 0.3) is 5.91 Å². The number of fused-ring (bicyclic) bond motifs is 2. The van der Waals surface area contributed by atoms with E-state index in [2.05, 4.69) is 10.1 Å². The molecule has 1 aliphatic heterocycles. The molecule has 244 valence electrons. The van der Waals surface area contributed by atoms with Crippen LogP contribution in [0.3, 0.4) is 0 Å². The molecule has 3 heterocycles. The van der Waals surface area contributed by atoms with Crippen LogP contribution in [0.1, 0.15) is 77.9 Å². The van der Waals surface area contributed by atoms with Crippen molar-refractivity contribution in [2.45, 2.75) is 51.2 Å². The van der Waals surface area contributed by atoms with E-state index >= 15 is 0 Å². The molecule has 5 aromatic rings. The molecule has 3 aromatic carbocycles. The van der Waals surface area contributed by atoms with Gasteiger partial charge in [0.1, 0.15) is 0 Å². The van der Waals surface area contributed by atoms with Crippen LogP contribution in [0.15, 0.2) is 95.6 Å². The average Bonchev–Trinajstić information content (AvgIpc) is 3.68. The molecule has 7 rings (SSSR count). The molecule has 2 atom stereocenters. The zero-order valence-electron chi connectivity index (χ0n) is 26.0. The van der Waals surface area contributed by atoms with Crippen LogP contribution in [0.2, 0.25) is 10.0 Å². The lowest BCUT2D eigenvalue weighted by atomic mass is 9.77. The molecule has 1 aliphatic carbocycles. The van der Waals surface area contributed by atoms with Crippen LogP contribution in [0.4, 0.5) is 13.2 Å². The Kier molecular flexibility index (Phi) is 8.37. The van der Waals surface area contributed by atoms with Gasteiger partial charge in [-0.1, -0.05) is 85.6 Å². The third-order valence-electron chi connectivity index (χ3n) is 8.94. The van der Waals surface area contributed by atoms with Crippen LogP contribution in [0.25, 0.3) is 23.0 Å². The van der Waals surface area contributed by atoms with Gasteiger partial charge in [0.2, 0.25) is 0 Å². The number of aromatic nitrogens is 3. The van der Waals surface area contributed by atoms with Gasteiger partial charge in [0.15, 0.2) is 17.0 Å². The third-order valence-corrected chi connectivity index (χ3v) is 9.45. The van der Waals surface area contributed by atoms with E-state index in [1.807, 2.05) is 68.5 Å². The first-order valence-corrected chi connectivity index (χ1v) is 16.4. The number of carbonyl (C=O) groups is 1. The topological polar surface area (TPSA) is 62.9 Å². The van der Waals surface area contributed by atoms with Crippen molar-refractivity contribution in [2.24, 2.45) is 11.0 Å². The minimum Gasteiger partial charge on any atom is -0.265 e. The maximum atomic E-state index is 14.4. The first-order valence-electron chi connectivity index (χ1n) is 15.7. The van der Waals surface area contributed by atoms with E-state index in [9.17, 15) is 18.0 Å². The Balaban J connectivity index is 1.32. The average molecular weight is 689 g/mol. The fraction of sp³-hybridized carbons (Fsp3) is 0.243. The van der Waals surface area contributed by atoms with Gasteiger partial charge >= 0.3 is 6.18 Å². The summed E-state index contributed by atoms with van der Waals surface area (Å²) in [5.74, 6) is -0.491. The van der Waals surface area contributed by atoms with E-state index in [-0.39, 0.29) is 28.9 Å². The molecule has 0 spiro atoms. The Hall–Kier alpha value is -4.47. The minimum absolute atomic E-state index is 0.0910. The van der Waals surface area contributed by atoms with Gasteiger partial charge in [-0.2, -0.15) is 23.4 Å². The smallest absolute Gasteiger partial charge is 0.265 e. The summed E-state index contributed by atoms with van der Waals surface area (Å²) in [6.07, 6.45) is -0.285. The summed E-state index contributed by atoms with van der Waals surface area (Å²) >= 11 is 12.3. The van der Waals surface area contributed by atoms with Gasteiger partial charge in [0, 0.05) is 27.6 Å². The highest BCUT2D eigenvalue weighted by atomic mass is 35.5. The number of hydrogen-bond donors (Lipinski definition) is 0. The highest BCUT2D eigenvalue weighted by Gasteiger charge is 2.45. The molecule has 2 aliphatic rings. The molecule has 1 amide bonds. The third kappa shape index (κ3) is 6.13. The number of allylic oxidation sites excluding steroid dienone is 1. The van der Waals surface area contributed by atoms with Crippen LogP contribution in [0, 0.1) is 5.92 Å². The zero-order chi connectivity index (χ0) is 33.7. The fourth-order valence-electron chi connectivity index (χ4n) is 6.51. The molecule has 0 radical (unpaired) electrons. The Bertz CT molecular complexity index is 2070. The van der Waals surface area contributed by atoms with Crippen molar-refractivity contribution in [3.8, 4) is 11.3 Å². The fourth-order valence-corrected chi connectivity index (χ4v) is 6.76. The standard InChI is InChI=1S/C37H30Cl2F3N5O/c1-21(2)23-8-10-24(11-9-23)30-19-32(37(40,41)42)46-33(43-30)20-31(44-46)36(48)47-35(25-12-16-28(39)17-13-25)29-5-3-4-26(34(29)45-47)18-22-6-14-27(38)15-7-22/h6-21,29,35H,3-5H2,1-2H3/b26-18-. The van der Waals surface area contributed by atoms with E-state index < -0.39 is 23.8 Å². The molecule has 2 unspecified atom stereocenters. The number of rotatable bonds is 5. The highest BCUT2D eigenvalue weighted by Crippen LogP contribution is 2.45. The van der Waals surface area contributed by atoms with Gasteiger partial charge in [-0.25, -0.2) is 14.5 Å². The van der Waals surface area contributed by atoms with E-state index in [1.165, 1.54) is 11.1 Å². The lowest BCUT2D eigenvalue weighted by Gasteiger charge is -2.29. The molecular weight excluding hydrogens is 658 g/mol. The number of alkyl halides is 3. The molecule has 6 nitrogen and oxygen atoms in total. The first kappa shape index (κ1) is 32.1. The van der Waals surface area contributed by atoms with Crippen LogP contribution in [0.5, 0.6) is 0 Å². The van der Waals surface area contributed by atoms with Gasteiger partial charge in [-0.3, -0.25) is 4.79 Å². The highest BCUT2D eigenvalue weighted by molar-refractivity contribution is 6.30. The molecule has 48 heavy (non-hydrogen) atoms. The van der Waals surface area contributed by atoms with Crippen LogP contribution >= 0.6 is 23.2 Å². The minimum atomic E-state index is -4.75. The molecule has 11 heteroatoms. The second-order valence-corrected chi connectivity index (χ2v) is 13.3. The van der Waals surface area contributed by atoms with E-state index in [1.54, 1.807) is 24.3 Å². The van der Waals surface area contributed by atoms with Crippen molar-refractivity contribution in [1.29, 1.82) is 0 Å². The number of halogens is 5. The second kappa shape index (κ2) is 12.5. The molecule has 0 saturated heterocycles. The Labute approximate surface area is 285 Å². The lowest BCUT2D eigenvalue weighted by molar-refractivity contribution is -0.142. The molecular formula is C37H30Cl2F3N5O. The predicted octanol–water partition coefficient (Wildman–Crippen LogP) is 10.3. The molecule has 2 aromatic heterocycles. The van der Waals surface area contributed by atoms with E-state index in [0.29, 0.717) is 20.1 Å². The van der Waals surface area contributed by atoms with Gasteiger partial charge in [-0.15, -0.1) is 0 Å². The molecule has 0 bridgehead atoms. The Morgan fingerprint density at radius 3 is 2.25 bits per heavy atom. The number of hydrazone groups is 1. The van der Waals surface area contributed by atoms with Crippen LogP contribution in [-0.4, -0.2) is 31.2 Å². The van der Waals surface area contributed by atoms with Crippen LogP contribution < -0.4 is 0 Å². The maximum absolute atomic E-state index is 14.4. The second-order valence-electron chi connectivity index (χ2n) is 12.5. The largest absolute Gasteiger partial charge is 0.433 e. The predicted molar refractivity (Wildman–Crippen MR) is 182 cm³/mol. The normalized spacial score (nSPS) is 18.9. The summed E-state index contributed by atoms with van der Waals surface area (Å²) in [6.45, 7) is 4.08. The SMILES string of the molecule is CC(C)c1ccc(-c2cc(C(F)(F)F)n3nc(C(=O)N4N=C5/C(=C\c6ccc(Cl)cc6)CCCC5C4c4ccc(Cl)cc4)cc3n2)cc1. The van der Waals surface area contributed by atoms with Crippen molar-refractivity contribution < 1.29 is 18.0 Å². The van der Waals surface area contributed by atoms with Gasteiger partial charge in [0.05, 0.1) is 17.4 Å². The monoisotopic (exact) mass is 687 g/mol. The number of carbonyl (C=O) groups excluding carboxylic acids is 1.